The molecule has 1 heterocycles. The molecule has 1 aromatic rings. The smallest absolute Gasteiger partial charge is 0.0355 e. The van der Waals surface area contributed by atoms with E-state index in [1.54, 1.807) is 16.9 Å². The van der Waals surface area contributed by atoms with E-state index >= 15 is 0 Å². The van der Waals surface area contributed by atoms with Crippen LogP contribution in [0.2, 0.25) is 0 Å². The monoisotopic (exact) mass is 258 g/mol. The van der Waals surface area contributed by atoms with Crippen molar-refractivity contribution in [2.75, 3.05) is 0 Å². The van der Waals surface area contributed by atoms with E-state index in [2.05, 4.69) is 55.5 Å². The minimum absolute atomic E-state index is 0.466. The van der Waals surface area contributed by atoms with E-state index in [1.165, 1.54) is 25.7 Å². The second-order valence-corrected chi connectivity index (χ2v) is 7.00. The van der Waals surface area contributed by atoms with Gasteiger partial charge in [-0.15, -0.1) is 0 Å². The quantitative estimate of drug-likeness (QED) is 0.557. The van der Waals surface area contributed by atoms with Crippen molar-refractivity contribution in [3.05, 3.63) is 34.0 Å². The fourth-order valence-electron chi connectivity index (χ4n) is 2.56. The van der Waals surface area contributed by atoms with Gasteiger partial charge in [0.15, 0.2) is 0 Å². The zero-order valence-electron chi connectivity index (χ0n) is 11.6. The molecule has 0 saturated heterocycles. The van der Waals surface area contributed by atoms with Crippen molar-refractivity contribution in [2.24, 2.45) is 11.3 Å². The van der Waals surface area contributed by atoms with E-state index in [0.717, 1.165) is 11.5 Å². The molecule has 0 N–H and O–H groups in total. The van der Waals surface area contributed by atoms with Crippen LogP contribution in [0.25, 0.3) is 0 Å². The zero-order chi connectivity index (χ0) is 13.0. The van der Waals surface area contributed by atoms with Gasteiger partial charge in [-0.05, 0) is 54.5 Å². The molecule has 2 rings (SSSR count). The highest BCUT2D eigenvalue weighted by atomic mass is 32.1. The number of thiophene rings is 1. The Morgan fingerprint density at radius 2 is 2.00 bits per heavy atom. The lowest BCUT2D eigenvalue weighted by molar-refractivity contribution is 0.197. The first kappa shape index (κ1) is 13.4. The lowest BCUT2D eigenvalue weighted by atomic mass is 9.71. The molecule has 0 bridgehead atoms. The standard InChI is InChI=1S/C17H22S/c1-17(2,3)16-9-7-14(8-10-16)5-4-6-15-11-12-18-13-15/h5,11-13,16H,7-10H2,1-3H3. The van der Waals surface area contributed by atoms with Crippen LogP contribution in [0.3, 0.4) is 0 Å². The fraction of sp³-hybridized carbons (Fsp3) is 0.529. The van der Waals surface area contributed by atoms with Gasteiger partial charge in [0.2, 0.25) is 0 Å². The molecule has 0 amide bonds. The lowest BCUT2D eigenvalue weighted by Gasteiger charge is -2.34. The van der Waals surface area contributed by atoms with Crippen molar-refractivity contribution in [3.8, 4) is 11.8 Å². The molecule has 1 heteroatoms. The predicted octanol–water partition coefficient (Wildman–Crippen LogP) is 5.26. The van der Waals surface area contributed by atoms with Gasteiger partial charge in [-0.1, -0.05) is 38.2 Å². The highest BCUT2D eigenvalue weighted by Gasteiger charge is 2.27. The van der Waals surface area contributed by atoms with Crippen molar-refractivity contribution in [3.63, 3.8) is 0 Å². The van der Waals surface area contributed by atoms with Gasteiger partial charge in [0.25, 0.3) is 0 Å². The Labute approximate surface area is 115 Å². The number of hydrogen-bond donors (Lipinski definition) is 0. The predicted molar refractivity (Wildman–Crippen MR) is 80.7 cm³/mol. The fourth-order valence-corrected chi connectivity index (χ4v) is 3.14. The number of hydrogen-bond acceptors (Lipinski definition) is 1. The second kappa shape index (κ2) is 5.76. The van der Waals surface area contributed by atoms with Crippen molar-refractivity contribution >= 4 is 11.3 Å². The van der Waals surface area contributed by atoms with Crippen LogP contribution >= 0.6 is 11.3 Å². The molecule has 0 unspecified atom stereocenters. The highest BCUT2D eigenvalue weighted by molar-refractivity contribution is 7.08. The maximum Gasteiger partial charge on any atom is 0.0355 e. The summed E-state index contributed by atoms with van der Waals surface area (Å²) in [5.74, 6) is 7.28. The summed E-state index contributed by atoms with van der Waals surface area (Å²) in [6.07, 6.45) is 7.28. The largest absolute Gasteiger partial charge is 0.151 e. The summed E-state index contributed by atoms with van der Waals surface area (Å²) in [7, 11) is 0. The Morgan fingerprint density at radius 1 is 1.28 bits per heavy atom. The Morgan fingerprint density at radius 3 is 2.56 bits per heavy atom. The van der Waals surface area contributed by atoms with Crippen LogP contribution in [0, 0.1) is 23.2 Å². The van der Waals surface area contributed by atoms with Crippen molar-refractivity contribution in [1.29, 1.82) is 0 Å². The van der Waals surface area contributed by atoms with Gasteiger partial charge in [-0.3, -0.25) is 0 Å². The van der Waals surface area contributed by atoms with Gasteiger partial charge >= 0.3 is 0 Å². The maximum absolute atomic E-state index is 3.21. The molecular weight excluding hydrogens is 236 g/mol. The first-order chi connectivity index (χ1) is 8.55. The molecular formula is C17H22S. The van der Waals surface area contributed by atoms with Crippen molar-refractivity contribution in [2.45, 2.75) is 46.5 Å². The highest BCUT2D eigenvalue weighted by Crippen LogP contribution is 2.39. The Kier molecular flexibility index (Phi) is 4.30. The number of rotatable bonds is 0. The summed E-state index contributed by atoms with van der Waals surface area (Å²) in [6.45, 7) is 7.09. The third kappa shape index (κ3) is 3.75. The zero-order valence-corrected chi connectivity index (χ0v) is 12.4. The second-order valence-electron chi connectivity index (χ2n) is 6.22. The molecule has 18 heavy (non-hydrogen) atoms. The third-order valence-electron chi connectivity index (χ3n) is 3.87. The molecule has 0 spiro atoms. The summed E-state index contributed by atoms with van der Waals surface area (Å²) in [5.41, 5.74) is 3.15. The van der Waals surface area contributed by atoms with Crippen LogP contribution in [0.15, 0.2) is 28.5 Å². The topological polar surface area (TPSA) is 0 Å². The Hall–Kier alpha value is -1.000. The molecule has 1 aliphatic rings. The molecule has 0 nitrogen and oxygen atoms in total. The van der Waals surface area contributed by atoms with Crippen LogP contribution < -0.4 is 0 Å². The average Bonchev–Trinajstić information content (AvgIpc) is 2.82. The van der Waals surface area contributed by atoms with E-state index in [4.69, 9.17) is 0 Å². The maximum atomic E-state index is 3.21. The minimum Gasteiger partial charge on any atom is -0.151 e. The SMILES string of the molecule is CC(C)(C)C1CCC(=CC#Cc2ccsc2)CC1. The van der Waals surface area contributed by atoms with Crippen LogP contribution in [0.5, 0.6) is 0 Å². The summed E-state index contributed by atoms with van der Waals surface area (Å²) >= 11 is 1.71. The first-order valence-electron chi connectivity index (χ1n) is 6.77. The molecule has 0 aliphatic heterocycles. The van der Waals surface area contributed by atoms with Gasteiger partial charge in [-0.25, -0.2) is 0 Å². The Bertz CT molecular complexity index is 450. The first-order valence-corrected chi connectivity index (χ1v) is 7.71. The molecule has 1 aromatic heterocycles. The molecule has 0 aromatic carbocycles. The van der Waals surface area contributed by atoms with Crippen molar-refractivity contribution < 1.29 is 0 Å². The van der Waals surface area contributed by atoms with Crippen LogP contribution in [-0.2, 0) is 0 Å². The summed E-state index contributed by atoms with van der Waals surface area (Å²) in [4.78, 5) is 0. The van der Waals surface area contributed by atoms with Gasteiger partial charge in [0.1, 0.15) is 0 Å². The van der Waals surface area contributed by atoms with Crippen molar-refractivity contribution in [1.82, 2.24) is 0 Å². The molecule has 96 valence electrons. The van der Waals surface area contributed by atoms with E-state index < -0.39 is 0 Å². The van der Waals surface area contributed by atoms with Gasteiger partial charge in [-0.2, -0.15) is 11.3 Å². The van der Waals surface area contributed by atoms with E-state index in [-0.39, 0.29) is 0 Å². The summed E-state index contributed by atoms with van der Waals surface area (Å²) in [6, 6.07) is 2.08. The molecule has 1 fully saturated rings. The average molecular weight is 258 g/mol. The third-order valence-corrected chi connectivity index (χ3v) is 4.55. The Balaban J connectivity index is 1.90. The molecule has 0 atom stereocenters. The molecule has 1 saturated carbocycles. The van der Waals surface area contributed by atoms with Crippen LogP contribution in [0.4, 0.5) is 0 Å². The molecule has 1 aliphatic carbocycles. The summed E-state index contributed by atoms with van der Waals surface area (Å²) < 4.78 is 0. The van der Waals surface area contributed by atoms with E-state index in [0.29, 0.717) is 5.41 Å². The molecule has 0 radical (unpaired) electrons. The van der Waals surface area contributed by atoms with Gasteiger partial charge in [0.05, 0.1) is 0 Å². The normalized spacial score (nSPS) is 20.2. The van der Waals surface area contributed by atoms with E-state index in [9.17, 15) is 0 Å². The van der Waals surface area contributed by atoms with Gasteiger partial charge in [0, 0.05) is 10.9 Å². The lowest BCUT2D eigenvalue weighted by Crippen LogP contribution is -2.23. The van der Waals surface area contributed by atoms with Crippen LogP contribution in [0.1, 0.15) is 52.0 Å². The van der Waals surface area contributed by atoms with Gasteiger partial charge < -0.3 is 0 Å². The number of allylic oxidation sites excluding steroid dienone is 2. The minimum atomic E-state index is 0.466. The van der Waals surface area contributed by atoms with Crippen LogP contribution in [-0.4, -0.2) is 0 Å². The van der Waals surface area contributed by atoms with E-state index in [1.807, 2.05) is 0 Å². The summed E-state index contributed by atoms with van der Waals surface area (Å²) in [5, 5.41) is 4.17.